The van der Waals surface area contributed by atoms with E-state index < -0.39 is 0 Å². The van der Waals surface area contributed by atoms with Crippen LogP contribution < -0.4 is 10.4 Å². The molecule has 1 heterocycles. The summed E-state index contributed by atoms with van der Waals surface area (Å²) in [5.41, 5.74) is 0.630. The lowest BCUT2D eigenvalue weighted by atomic mass is 10.1. The molecule has 0 bridgehead atoms. The van der Waals surface area contributed by atoms with Gasteiger partial charge in [0.05, 0.1) is 0 Å². The molecule has 0 unspecified atom stereocenters. The summed E-state index contributed by atoms with van der Waals surface area (Å²) in [6.45, 7) is 1.92. The van der Waals surface area contributed by atoms with E-state index in [4.69, 9.17) is 4.84 Å². The molecule has 0 aliphatic rings. The number of aromatic hydroxyl groups is 1. The van der Waals surface area contributed by atoms with Gasteiger partial charge in [-0.05, 0) is 18.4 Å². The summed E-state index contributed by atoms with van der Waals surface area (Å²) >= 11 is 0. The number of pyridine rings is 1. The summed E-state index contributed by atoms with van der Waals surface area (Å²) in [7, 11) is 1.34. The highest BCUT2D eigenvalue weighted by atomic mass is 16.7. The summed E-state index contributed by atoms with van der Waals surface area (Å²) in [5.74, 6) is -0.163. The first-order valence-electron chi connectivity index (χ1n) is 4.53. The number of hydrogen-bond donors (Lipinski definition) is 1. The minimum atomic E-state index is -0.383. The van der Waals surface area contributed by atoms with Crippen molar-refractivity contribution in [2.75, 3.05) is 7.11 Å². The molecule has 1 aromatic carbocycles. The van der Waals surface area contributed by atoms with Crippen molar-refractivity contribution in [3.63, 3.8) is 0 Å². The Kier molecular flexibility index (Phi) is 2.11. The van der Waals surface area contributed by atoms with Crippen molar-refractivity contribution in [2.45, 2.75) is 6.92 Å². The molecule has 0 atom stereocenters. The predicted molar refractivity (Wildman–Crippen MR) is 57.1 cm³/mol. The summed E-state index contributed by atoms with van der Waals surface area (Å²) in [6.07, 6.45) is 0. The summed E-state index contributed by atoms with van der Waals surface area (Å²) in [4.78, 5) is 16.2. The van der Waals surface area contributed by atoms with E-state index >= 15 is 0 Å². The van der Waals surface area contributed by atoms with Gasteiger partial charge in [0, 0.05) is 11.5 Å². The van der Waals surface area contributed by atoms with Crippen LogP contribution in [0.4, 0.5) is 0 Å². The molecule has 0 saturated carbocycles. The number of nitrogens with zero attached hydrogens (tertiary/aromatic N) is 1. The van der Waals surface area contributed by atoms with Crippen molar-refractivity contribution >= 4 is 10.8 Å². The summed E-state index contributed by atoms with van der Waals surface area (Å²) < 4.78 is 0.863. The Bertz CT molecular complexity index is 572. The van der Waals surface area contributed by atoms with Gasteiger partial charge in [0.1, 0.15) is 7.11 Å². The third-order valence-electron chi connectivity index (χ3n) is 2.30. The second kappa shape index (κ2) is 3.31. The van der Waals surface area contributed by atoms with Gasteiger partial charge in [0.2, 0.25) is 5.88 Å². The van der Waals surface area contributed by atoms with Crippen LogP contribution in [-0.2, 0) is 0 Å². The van der Waals surface area contributed by atoms with Crippen LogP contribution in [0.15, 0.2) is 29.1 Å². The Balaban J connectivity index is 2.92. The van der Waals surface area contributed by atoms with Crippen molar-refractivity contribution in [1.82, 2.24) is 4.73 Å². The molecule has 0 saturated heterocycles. The molecule has 0 aliphatic heterocycles. The molecule has 1 N–H and O–H groups in total. The van der Waals surface area contributed by atoms with Crippen LogP contribution in [0.1, 0.15) is 5.56 Å². The molecule has 4 heteroatoms. The molecule has 0 fully saturated rings. The zero-order chi connectivity index (χ0) is 11.0. The average Bonchev–Trinajstić information content (AvgIpc) is 2.20. The van der Waals surface area contributed by atoms with Gasteiger partial charge in [-0.1, -0.05) is 17.7 Å². The molecule has 2 aromatic rings. The fraction of sp³-hybridized carbons (Fsp3) is 0.182. The molecule has 2 rings (SSSR count). The molecule has 1 aromatic heterocycles. The zero-order valence-electron chi connectivity index (χ0n) is 8.52. The lowest BCUT2D eigenvalue weighted by Crippen LogP contribution is -2.23. The minimum absolute atomic E-state index is 0.163. The molecular formula is C11H11NO3. The first kappa shape index (κ1) is 9.58. The third kappa shape index (κ3) is 1.44. The van der Waals surface area contributed by atoms with Crippen LogP contribution in [0, 0.1) is 6.92 Å². The van der Waals surface area contributed by atoms with Gasteiger partial charge in [-0.2, -0.15) is 0 Å². The topological polar surface area (TPSA) is 51.5 Å². The van der Waals surface area contributed by atoms with Crippen molar-refractivity contribution in [3.05, 3.63) is 40.2 Å². The maximum atomic E-state index is 11.4. The second-order valence-electron chi connectivity index (χ2n) is 3.37. The van der Waals surface area contributed by atoms with Gasteiger partial charge in [-0.25, -0.2) is 0 Å². The van der Waals surface area contributed by atoms with E-state index in [1.807, 2.05) is 13.0 Å². The standard InChI is InChI=1S/C11H11NO3/c1-7-3-4-8-6-10(13)12(15-2)11(14)9(8)5-7/h3-6,14H,1-2H3. The van der Waals surface area contributed by atoms with E-state index in [-0.39, 0.29) is 11.4 Å². The normalized spacial score (nSPS) is 10.5. The van der Waals surface area contributed by atoms with Crippen LogP contribution in [0.5, 0.6) is 5.88 Å². The predicted octanol–water partition coefficient (Wildman–Crippen LogP) is 1.07. The van der Waals surface area contributed by atoms with Gasteiger partial charge < -0.3 is 9.94 Å². The minimum Gasteiger partial charge on any atom is -0.492 e. The second-order valence-corrected chi connectivity index (χ2v) is 3.37. The van der Waals surface area contributed by atoms with Gasteiger partial charge in [-0.3, -0.25) is 4.79 Å². The Labute approximate surface area is 86.3 Å². The van der Waals surface area contributed by atoms with Gasteiger partial charge in [-0.15, -0.1) is 4.73 Å². The van der Waals surface area contributed by atoms with E-state index in [0.29, 0.717) is 10.8 Å². The van der Waals surface area contributed by atoms with Crippen molar-refractivity contribution in [3.8, 4) is 5.88 Å². The third-order valence-corrected chi connectivity index (χ3v) is 2.30. The lowest BCUT2D eigenvalue weighted by molar-refractivity contribution is 0.133. The highest BCUT2D eigenvalue weighted by molar-refractivity contribution is 5.87. The van der Waals surface area contributed by atoms with Crippen LogP contribution in [0.25, 0.3) is 10.8 Å². The number of rotatable bonds is 1. The maximum absolute atomic E-state index is 11.4. The highest BCUT2D eigenvalue weighted by Crippen LogP contribution is 2.22. The van der Waals surface area contributed by atoms with Gasteiger partial charge >= 0.3 is 0 Å². The first-order valence-corrected chi connectivity index (χ1v) is 4.53. The summed E-state index contributed by atoms with van der Waals surface area (Å²) in [6, 6.07) is 6.92. The van der Waals surface area contributed by atoms with Crippen LogP contribution in [0.2, 0.25) is 0 Å². The van der Waals surface area contributed by atoms with Crippen molar-refractivity contribution in [2.24, 2.45) is 0 Å². The molecule has 15 heavy (non-hydrogen) atoms. The Morgan fingerprint density at radius 2 is 2.07 bits per heavy atom. The number of aryl methyl sites for hydroxylation is 1. The molecular weight excluding hydrogens is 194 g/mol. The molecule has 0 spiro atoms. The van der Waals surface area contributed by atoms with Crippen molar-refractivity contribution < 1.29 is 9.94 Å². The first-order chi connectivity index (χ1) is 7.13. The van der Waals surface area contributed by atoms with E-state index in [9.17, 15) is 9.90 Å². The number of fused-ring (bicyclic) bond motifs is 1. The number of hydrogen-bond acceptors (Lipinski definition) is 3. The van der Waals surface area contributed by atoms with E-state index in [2.05, 4.69) is 0 Å². The fourth-order valence-electron chi connectivity index (χ4n) is 1.57. The van der Waals surface area contributed by atoms with E-state index in [1.54, 1.807) is 12.1 Å². The highest BCUT2D eigenvalue weighted by Gasteiger charge is 2.08. The van der Waals surface area contributed by atoms with E-state index in [0.717, 1.165) is 10.3 Å². The van der Waals surface area contributed by atoms with E-state index in [1.165, 1.54) is 13.2 Å². The van der Waals surface area contributed by atoms with Crippen LogP contribution >= 0.6 is 0 Å². The van der Waals surface area contributed by atoms with Gasteiger partial charge in [0.15, 0.2) is 0 Å². The number of benzene rings is 1. The number of aromatic nitrogens is 1. The Morgan fingerprint density at radius 1 is 1.33 bits per heavy atom. The molecule has 4 nitrogen and oxygen atoms in total. The monoisotopic (exact) mass is 205 g/mol. The van der Waals surface area contributed by atoms with Gasteiger partial charge in [0.25, 0.3) is 5.56 Å². The summed E-state index contributed by atoms with van der Waals surface area (Å²) in [5, 5.41) is 11.1. The largest absolute Gasteiger partial charge is 0.492 e. The zero-order valence-corrected chi connectivity index (χ0v) is 8.52. The lowest BCUT2D eigenvalue weighted by Gasteiger charge is -2.08. The average molecular weight is 205 g/mol. The molecule has 0 amide bonds. The smallest absolute Gasteiger partial charge is 0.287 e. The molecule has 0 radical (unpaired) electrons. The van der Waals surface area contributed by atoms with Crippen molar-refractivity contribution in [1.29, 1.82) is 0 Å². The fourth-order valence-corrected chi connectivity index (χ4v) is 1.57. The van der Waals surface area contributed by atoms with Crippen LogP contribution in [0.3, 0.4) is 0 Å². The molecule has 78 valence electrons. The Hall–Kier alpha value is -1.97. The quantitative estimate of drug-likeness (QED) is 0.757. The maximum Gasteiger partial charge on any atom is 0.287 e. The SMILES string of the molecule is COn1c(O)c2cc(C)ccc2cc1=O. The Morgan fingerprint density at radius 3 is 2.73 bits per heavy atom. The molecule has 0 aliphatic carbocycles. The van der Waals surface area contributed by atoms with Crippen LogP contribution in [-0.4, -0.2) is 16.9 Å².